The quantitative estimate of drug-likeness (QED) is 0.547. The van der Waals surface area contributed by atoms with Gasteiger partial charge in [0.05, 0.1) is 16.3 Å². The fourth-order valence-electron chi connectivity index (χ4n) is 3.22. The third-order valence-corrected chi connectivity index (χ3v) is 5.64. The summed E-state index contributed by atoms with van der Waals surface area (Å²) in [4.78, 5) is 14.5. The van der Waals surface area contributed by atoms with Crippen LogP contribution in [-0.4, -0.2) is 21.7 Å². The molecule has 0 saturated carbocycles. The van der Waals surface area contributed by atoms with Gasteiger partial charge in [-0.15, -0.1) is 11.3 Å². The summed E-state index contributed by atoms with van der Waals surface area (Å²) < 4.78 is 1.92. The average Bonchev–Trinajstić information content (AvgIpc) is 3.24. The number of nitrogens with one attached hydrogen (secondary N) is 1. The molecule has 5 heteroatoms. The number of carbonyl (C=O) groups is 1. The van der Waals surface area contributed by atoms with Crippen LogP contribution in [0.3, 0.4) is 0 Å². The SMILES string of the molecule is Cc1nn(-c2ccccc2)c2sc(C(=O)NC(C)Cc3ccccc3)cc12. The van der Waals surface area contributed by atoms with Crippen LogP contribution in [-0.2, 0) is 6.42 Å². The number of benzene rings is 2. The number of para-hydroxylation sites is 1. The van der Waals surface area contributed by atoms with E-state index in [1.807, 2.05) is 73.1 Å². The zero-order chi connectivity index (χ0) is 18.8. The largest absolute Gasteiger partial charge is 0.349 e. The van der Waals surface area contributed by atoms with E-state index in [9.17, 15) is 4.79 Å². The van der Waals surface area contributed by atoms with Crippen LogP contribution in [0.15, 0.2) is 66.7 Å². The summed E-state index contributed by atoms with van der Waals surface area (Å²) in [6.07, 6.45) is 0.814. The lowest BCUT2D eigenvalue weighted by molar-refractivity contribution is 0.0944. The molecule has 0 aliphatic carbocycles. The summed E-state index contributed by atoms with van der Waals surface area (Å²) in [6, 6.07) is 22.2. The van der Waals surface area contributed by atoms with E-state index in [2.05, 4.69) is 22.5 Å². The standard InChI is InChI=1S/C22H21N3OS/c1-15(13-17-9-5-3-6-10-17)23-21(26)20-14-19-16(2)24-25(22(19)27-20)18-11-7-4-8-12-18/h3-12,14-15H,13H2,1-2H3,(H,23,26). The Morgan fingerprint density at radius 1 is 1.11 bits per heavy atom. The predicted molar refractivity (Wildman–Crippen MR) is 111 cm³/mol. The average molecular weight is 375 g/mol. The highest BCUT2D eigenvalue weighted by Crippen LogP contribution is 2.30. The maximum Gasteiger partial charge on any atom is 0.261 e. The number of thiophene rings is 1. The molecule has 4 aromatic rings. The van der Waals surface area contributed by atoms with Gasteiger partial charge in [0.1, 0.15) is 4.83 Å². The van der Waals surface area contributed by atoms with E-state index in [0.717, 1.165) is 32.9 Å². The van der Waals surface area contributed by atoms with E-state index in [1.165, 1.54) is 16.9 Å². The summed E-state index contributed by atoms with van der Waals surface area (Å²) in [7, 11) is 0. The third-order valence-electron chi connectivity index (χ3n) is 4.53. The van der Waals surface area contributed by atoms with Crippen molar-refractivity contribution in [1.29, 1.82) is 0 Å². The molecule has 0 radical (unpaired) electrons. The van der Waals surface area contributed by atoms with Gasteiger partial charge in [-0.3, -0.25) is 4.79 Å². The van der Waals surface area contributed by atoms with Crippen LogP contribution >= 0.6 is 11.3 Å². The molecular formula is C22H21N3OS. The Kier molecular flexibility index (Phi) is 4.77. The highest BCUT2D eigenvalue weighted by molar-refractivity contribution is 7.20. The minimum Gasteiger partial charge on any atom is -0.349 e. The van der Waals surface area contributed by atoms with Crippen molar-refractivity contribution < 1.29 is 4.79 Å². The van der Waals surface area contributed by atoms with Crippen molar-refractivity contribution in [2.75, 3.05) is 0 Å². The topological polar surface area (TPSA) is 46.9 Å². The van der Waals surface area contributed by atoms with Crippen LogP contribution in [0.1, 0.15) is 27.9 Å². The molecule has 1 amide bonds. The second-order valence-corrected chi connectivity index (χ2v) is 7.76. The smallest absolute Gasteiger partial charge is 0.261 e. The van der Waals surface area contributed by atoms with Crippen LogP contribution in [0.5, 0.6) is 0 Å². The van der Waals surface area contributed by atoms with Gasteiger partial charge in [0, 0.05) is 11.4 Å². The van der Waals surface area contributed by atoms with Crippen molar-refractivity contribution in [2.24, 2.45) is 0 Å². The molecule has 27 heavy (non-hydrogen) atoms. The lowest BCUT2D eigenvalue weighted by Gasteiger charge is -2.13. The van der Waals surface area contributed by atoms with E-state index in [0.29, 0.717) is 0 Å². The molecule has 2 aromatic heterocycles. The molecule has 4 rings (SSSR count). The van der Waals surface area contributed by atoms with Crippen LogP contribution in [0.25, 0.3) is 15.9 Å². The van der Waals surface area contributed by atoms with Gasteiger partial charge in [0.25, 0.3) is 5.91 Å². The fourth-order valence-corrected chi connectivity index (χ4v) is 4.30. The van der Waals surface area contributed by atoms with Gasteiger partial charge < -0.3 is 5.32 Å². The first kappa shape index (κ1) is 17.5. The molecule has 0 aliphatic rings. The second-order valence-electron chi connectivity index (χ2n) is 6.73. The molecule has 2 aromatic carbocycles. The Labute approximate surface area is 162 Å². The van der Waals surface area contributed by atoms with Crippen molar-refractivity contribution in [3.05, 3.63) is 82.9 Å². The first-order chi connectivity index (χ1) is 13.1. The molecule has 0 saturated heterocycles. The van der Waals surface area contributed by atoms with Crippen molar-refractivity contribution >= 4 is 27.5 Å². The number of amides is 1. The molecule has 4 nitrogen and oxygen atoms in total. The zero-order valence-electron chi connectivity index (χ0n) is 15.3. The molecule has 0 bridgehead atoms. The summed E-state index contributed by atoms with van der Waals surface area (Å²) in [5, 5.41) is 8.78. The van der Waals surface area contributed by atoms with Gasteiger partial charge in [-0.1, -0.05) is 48.5 Å². The number of carbonyl (C=O) groups excluding carboxylic acids is 1. The van der Waals surface area contributed by atoms with Crippen LogP contribution < -0.4 is 5.32 Å². The molecule has 1 unspecified atom stereocenters. The summed E-state index contributed by atoms with van der Waals surface area (Å²) in [6.45, 7) is 4.02. The highest BCUT2D eigenvalue weighted by Gasteiger charge is 2.18. The van der Waals surface area contributed by atoms with E-state index < -0.39 is 0 Å². The number of aryl methyl sites for hydroxylation is 1. The number of hydrogen-bond donors (Lipinski definition) is 1. The summed E-state index contributed by atoms with van der Waals surface area (Å²) >= 11 is 1.48. The first-order valence-electron chi connectivity index (χ1n) is 9.01. The maximum absolute atomic E-state index is 12.7. The number of nitrogens with zero attached hydrogens (tertiary/aromatic N) is 2. The lowest BCUT2D eigenvalue weighted by Crippen LogP contribution is -2.33. The van der Waals surface area contributed by atoms with Crippen LogP contribution in [0.2, 0.25) is 0 Å². The Balaban J connectivity index is 1.56. The maximum atomic E-state index is 12.7. The summed E-state index contributed by atoms with van der Waals surface area (Å²) in [5.41, 5.74) is 3.15. The van der Waals surface area contributed by atoms with Gasteiger partial charge in [-0.25, -0.2) is 4.68 Å². The first-order valence-corrected chi connectivity index (χ1v) is 9.83. The molecule has 0 spiro atoms. The summed E-state index contributed by atoms with van der Waals surface area (Å²) in [5.74, 6) is -0.0290. The van der Waals surface area contributed by atoms with E-state index in [1.54, 1.807) is 0 Å². The lowest BCUT2D eigenvalue weighted by atomic mass is 10.1. The highest BCUT2D eigenvalue weighted by atomic mass is 32.1. The van der Waals surface area contributed by atoms with Crippen LogP contribution in [0.4, 0.5) is 0 Å². The molecule has 136 valence electrons. The zero-order valence-corrected chi connectivity index (χ0v) is 16.2. The van der Waals surface area contributed by atoms with E-state index in [4.69, 9.17) is 0 Å². The number of fused-ring (bicyclic) bond motifs is 1. The van der Waals surface area contributed by atoms with E-state index >= 15 is 0 Å². The number of rotatable bonds is 5. The Hall–Kier alpha value is -2.92. The second kappa shape index (κ2) is 7.37. The van der Waals surface area contributed by atoms with Gasteiger partial charge in [0.15, 0.2) is 0 Å². The predicted octanol–water partition coefficient (Wildman–Crippen LogP) is 4.76. The number of hydrogen-bond acceptors (Lipinski definition) is 3. The molecule has 0 aliphatic heterocycles. The van der Waals surface area contributed by atoms with Crippen molar-refractivity contribution in [3.8, 4) is 5.69 Å². The van der Waals surface area contributed by atoms with Crippen LogP contribution in [0, 0.1) is 6.92 Å². The third kappa shape index (κ3) is 3.64. The molecule has 1 N–H and O–H groups in total. The van der Waals surface area contributed by atoms with E-state index in [-0.39, 0.29) is 11.9 Å². The molecule has 0 fully saturated rings. The van der Waals surface area contributed by atoms with Gasteiger partial charge in [0.2, 0.25) is 0 Å². The molecule has 2 heterocycles. The Morgan fingerprint density at radius 3 is 2.48 bits per heavy atom. The normalized spacial score (nSPS) is 12.2. The minimum absolute atomic E-state index is 0.0290. The molecular weight excluding hydrogens is 354 g/mol. The fraction of sp³-hybridized carbons (Fsp3) is 0.182. The molecule has 1 atom stereocenters. The Bertz CT molecular complexity index is 1070. The van der Waals surface area contributed by atoms with Crippen molar-refractivity contribution in [1.82, 2.24) is 15.1 Å². The van der Waals surface area contributed by atoms with Gasteiger partial charge in [-0.05, 0) is 44.0 Å². The van der Waals surface area contributed by atoms with Crippen molar-refractivity contribution in [2.45, 2.75) is 26.3 Å². The Morgan fingerprint density at radius 2 is 1.78 bits per heavy atom. The monoisotopic (exact) mass is 375 g/mol. The van der Waals surface area contributed by atoms with Gasteiger partial charge >= 0.3 is 0 Å². The number of aromatic nitrogens is 2. The van der Waals surface area contributed by atoms with Crippen molar-refractivity contribution in [3.63, 3.8) is 0 Å². The minimum atomic E-state index is -0.0290. The van der Waals surface area contributed by atoms with Gasteiger partial charge in [-0.2, -0.15) is 5.10 Å².